The fourth-order valence-corrected chi connectivity index (χ4v) is 3.21. The first-order valence-electron chi connectivity index (χ1n) is 9.71. The van der Waals surface area contributed by atoms with Gasteiger partial charge in [0.2, 0.25) is 0 Å². The molecule has 1 saturated heterocycles. The molecular weight excluding hydrogens is 425 g/mol. The summed E-state index contributed by atoms with van der Waals surface area (Å²) in [5.41, 5.74) is 6.43. The maximum atomic E-state index is 12.9. The number of piperazine rings is 1. The second-order valence-corrected chi connectivity index (χ2v) is 7.57. The molecule has 1 fully saturated rings. The van der Waals surface area contributed by atoms with Crippen LogP contribution in [-0.2, 0) is 4.79 Å². The van der Waals surface area contributed by atoms with Gasteiger partial charge in [-0.2, -0.15) is 0 Å². The van der Waals surface area contributed by atoms with Gasteiger partial charge in [-0.3, -0.25) is 25.3 Å². The van der Waals surface area contributed by atoms with Crippen LogP contribution in [-0.4, -0.2) is 60.4 Å². The molecule has 0 unspecified atom stereocenters. The summed E-state index contributed by atoms with van der Waals surface area (Å²) in [5, 5.41) is 3.40. The van der Waals surface area contributed by atoms with E-state index >= 15 is 0 Å². The van der Waals surface area contributed by atoms with Crippen LogP contribution in [0.1, 0.15) is 15.9 Å². The first-order chi connectivity index (χ1) is 14.8. The molecular formula is C21H23ClFN5O3. The zero-order valence-corrected chi connectivity index (χ0v) is 17.7. The third-order valence-corrected chi connectivity index (χ3v) is 5.28. The van der Waals surface area contributed by atoms with Crippen molar-refractivity contribution in [1.82, 2.24) is 20.7 Å². The number of amides is 4. The van der Waals surface area contributed by atoms with Crippen molar-refractivity contribution in [3.8, 4) is 0 Å². The summed E-state index contributed by atoms with van der Waals surface area (Å²) in [7, 11) is 0. The molecule has 3 rings (SSSR count). The van der Waals surface area contributed by atoms with E-state index in [-0.39, 0.29) is 24.0 Å². The van der Waals surface area contributed by atoms with E-state index in [1.54, 1.807) is 17.0 Å². The van der Waals surface area contributed by atoms with Gasteiger partial charge in [0.15, 0.2) is 0 Å². The third-order valence-electron chi connectivity index (χ3n) is 4.87. The van der Waals surface area contributed by atoms with Crippen LogP contribution in [0.4, 0.5) is 14.9 Å². The van der Waals surface area contributed by atoms with Crippen LogP contribution in [0.25, 0.3) is 0 Å². The minimum Gasteiger partial charge on any atom is -0.322 e. The normalized spacial score (nSPS) is 14.1. The topological polar surface area (TPSA) is 93.8 Å². The highest BCUT2D eigenvalue weighted by Gasteiger charge is 2.22. The molecule has 31 heavy (non-hydrogen) atoms. The number of halogens is 2. The number of aryl methyl sites for hydroxylation is 1. The van der Waals surface area contributed by atoms with Crippen molar-refractivity contribution in [3.63, 3.8) is 0 Å². The van der Waals surface area contributed by atoms with Gasteiger partial charge in [0.05, 0.1) is 6.54 Å². The molecule has 4 amide bonds. The Labute approximate surface area is 184 Å². The number of hydrazine groups is 1. The van der Waals surface area contributed by atoms with Gasteiger partial charge in [-0.1, -0.05) is 17.7 Å². The summed E-state index contributed by atoms with van der Waals surface area (Å²) < 4.78 is 12.9. The quantitative estimate of drug-likeness (QED) is 0.627. The Morgan fingerprint density at radius 1 is 1.00 bits per heavy atom. The van der Waals surface area contributed by atoms with Crippen LogP contribution in [0, 0.1) is 12.7 Å². The van der Waals surface area contributed by atoms with E-state index in [0.29, 0.717) is 36.9 Å². The lowest BCUT2D eigenvalue weighted by Gasteiger charge is -2.34. The van der Waals surface area contributed by atoms with Crippen molar-refractivity contribution in [2.45, 2.75) is 6.92 Å². The second kappa shape index (κ2) is 10.2. The second-order valence-electron chi connectivity index (χ2n) is 7.17. The highest BCUT2D eigenvalue weighted by Crippen LogP contribution is 2.20. The first kappa shape index (κ1) is 22.5. The van der Waals surface area contributed by atoms with Crippen molar-refractivity contribution < 1.29 is 18.8 Å². The Morgan fingerprint density at radius 2 is 1.68 bits per heavy atom. The van der Waals surface area contributed by atoms with Gasteiger partial charge in [0, 0.05) is 42.5 Å². The highest BCUT2D eigenvalue weighted by atomic mass is 35.5. The lowest BCUT2D eigenvalue weighted by atomic mass is 10.2. The fourth-order valence-electron chi connectivity index (χ4n) is 3.02. The Balaban J connectivity index is 1.39. The molecule has 8 nitrogen and oxygen atoms in total. The smallest absolute Gasteiger partial charge is 0.321 e. The van der Waals surface area contributed by atoms with Gasteiger partial charge in [-0.25, -0.2) is 9.18 Å². The van der Waals surface area contributed by atoms with Gasteiger partial charge in [-0.05, 0) is 48.9 Å². The van der Waals surface area contributed by atoms with Crippen LogP contribution < -0.4 is 16.2 Å². The van der Waals surface area contributed by atoms with E-state index in [2.05, 4.69) is 16.2 Å². The molecule has 1 heterocycles. The third kappa shape index (κ3) is 6.40. The highest BCUT2D eigenvalue weighted by molar-refractivity contribution is 6.31. The summed E-state index contributed by atoms with van der Waals surface area (Å²) in [6.45, 7) is 3.91. The van der Waals surface area contributed by atoms with Gasteiger partial charge in [0.25, 0.3) is 11.8 Å². The van der Waals surface area contributed by atoms with Crippen molar-refractivity contribution >= 4 is 35.1 Å². The summed E-state index contributed by atoms with van der Waals surface area (Å²) >= 11 is 6.09. The van der Waals surface area contributed by atoms with Gasteiger partial charge < -0.3 is 10.2 Å². The number of anilines is 1. The number of benzene rings is 2. The Morgan fingerprint density at radius 3 is 2.32 bits per heavy atom. The zero-order valence-electron chi connectivity index (χ0n) is 17.0. The maximum Gasteiger partial charge on any atom is 0.321 e. The van der Waals surface area contributed by atoms with Crippen LogP contribution in [0.15, 0.2) is 42.5 Å². The Kier molecular flexibility index (Phi) is 7.43. The molecule has 10 heteroatoms. The SMILES string of the molecule is Cc1ccc(NC(=O)N2CCN(CC(=O)NNC(=O)c3ccc(F)cc3)CC2)cc1Cl. The maximum absolute atomic E-state index is 12.9. The van der Waals surface area contributed by atoms with Crippen LogP contribution >= 0.6 is 11.6 Å². The number of rotatable bonds is 4. The molecule has 3 N–H and O–H groups in total. The summed E-state index contributed by atoms with van der Waals surface area (Å²) in [6.07, 6.45) is 0. The van der Waals surface area contributed by atoms with Gasteiger partial charge >= 0.3 is 6.03 Å². The summed E-state index contributed by atoms with van der Waals surface area (Å²) in [6, 6.07) is 10.1. The average molecular weight is 448 g/mol. The largest absolute Gasteiger partial charge is 0.322 e. The van der Waals surface area contributed by atoms with E-state index in [0.717, 1.165) is 5.56 Å². The Hall–Kier alpha value is -3.17. The monoisotopic (exact) mass is 447 g/mol. The summed E-state index contributed by atoms with van der Waals surface area (Å²) in [5.74, 6) is -1.37. The molecule has 2 aromatic rings. The molecule has 0 aliphatic carbocycles. The number of carbonyl (C=O) groups is 3. The van der Waals surface area contributed by atoms with Crippen LogP contribution in [0.2, 0.25) is 5.02 Å². The number of urea groups is 1. The van der Waals surface area contributed by atoms with Crippen molar-refractivity contribution in [2.24, 2.45) is 0 Å². The van der Waals surface area contributed by atoms with Crippen LogP contribution in [0.5, 0.6) is 0 Å². The molecule has 1 aliphatic heterocycles. The van der Waals surface area contributed by atoms with Gasteiger partial charge in [0.1, 0.15) is 5.82 Å². The van der Waals surface area contributed by atoms with E-state index in [1.165, 1.54) is 24.3 Å². The minimum absolute atomic E-state index is 0.0761. The van der Waals surface area contributed by atoms with Gasteiger partial charge in [-0.15, -0.1) is 0 Å². The fraction of sp³-hybridized carbons (Fsp3) is 0.286. The molecule has 0 spiro atoms. The molecule has 1 aliphatic rings. The van der Waals surface area contributed by atoms with Crippen LogP contribution in [0.3, 0.4) is 0 Å². The molecule has 0 radical (unpaired) electrons. The molecule has 0 bridgehead atoms. The number of hydrogen-bond acceptors (Lipinski definition) is 4. The molecule has 0 atom stereocenters. The lowest BCUT2D eigenvalue weighted by Crippen LogP contribution is -2.53. The summed E-state index contributed by atoms with van der Waals surface area (Å²) in [4.78, 5) is 40.0. The number of nitrogens with one attached hydrogen (secondary N) is 3. The van der Waals surface area contributed by atoms with Crippen molar-refractivity contribution in [1.29, 1.82) is 0 Å². The lowest BCUT2D eigenvalue weighted by molar-refractivity contribution is -0.123. The van der Waals surface area contributed by atoms with E-state index in [9.17, 15) is 18.8 Å². The average Bonchev–Trinajstić information content (AvgIpc) is 2.75. The molecule has 0 aromatic heterocycles. The van der Waals surface area contributed by atoms with E-state index in [1.807, 2.05) is 17.9 Å². The first-order valence-corrected chi connectivity index (χ1v) is 10.1. The van der Waals surface area contributed by atoms with E-state index < -0.39 is 11.7 Å². The number of hydrogen-bond donors (Lipinski definition) is 3. The molecule has 2 aromatic carbocycles. The predicted octanol–water partition coefficient (Wildman–Crippen LogP) is 2.40. The zero-order chi connectivity index (χ0) is 22.4. The number of nitrogens with zero attached hydrogens (tertiary/aromatic N) is 2. The Bertz CT molecular complexity index is 962. The van der Waals surface area contributed by atoms with Crippen molar-refractivity contribution in [2.75, 3.05) is 38.0 Å². The molecule has 0 saturated carbocycles. The molecule has 164 valence electrons. The number of carbonyl (C=O) groups excluding carboxylic acids is 3. The predicted molar refractivity (Wildman–Crippen MR) is 115 cm³/mol. The van der Waals surface area contributed by atoms with E-state index in [4.69, 9.17) is 11.6 Å². The minimum atomic E-state index is -0.536. The van der Waals surface area contributed by atoms with Crippen molar-refractivity contribution in [3.05, 3.63) is 64.4 Å². The standard InChI is InChI=1S/C21H23ClFN5O3/c1-14-2-7-17(12-18(14)22)24-21(31)28-10-8-27(9-11-28)13-19(29)25-26-20(30)15-3-5-16(23)6-4-15/h2-7,12H,8-11,13H2,1H3,(H,24,31)(H,25,29)(H,26,30).